The molecule has 1 fully saturated rings. The lowest BCUT2D eigenvalue weighted by Gasteiger charge is -2.09. The summed E-state index contributed by atoms with van der Waals surface area (Å²) in [7, 11) is 1.22. The second-order valence-corrected chi connectivity index (χ2v) is 6.77. The first-order chi connectivity index (χ1) is 13.8. The minimum atomic E-state index is -0.656. The van der Waals surface area contributed by atoms with Crippen LogP contribution in [0.4, 0.5) is 4.79 Å². The molecule has 0 aliphatic carbocycles. The van der Waals surface area contributed by atoms with Crippen molar-refractivity contribution in [2.45, 2.75) is 13.5 Å². The fourth-order valence-corrected chi connectivity index (χ4v) is 3.03. The van der Waals surface area contributed by atoms with E-state index in [0.717, 1.165) is 4.90 Å². The van der Waals surface area contributed by atoms with Crippen LogP contribution < -0.4 is 10.1 Å². The van der Waals surface area contributed by atoms with E-state index in [1.807, 2.05) is 0 Å². The van der Waals surface area contributed by atoms with Crippen LogP contribution in [0.1, 0.15) is 28.8 Å². The van der Waals surface area contributed by atoms with E-state index >= 15 is 0 Å². The molecule has 1 N–H and O–H groups in total. The average Bonchev–Trinajstić information content (AvgIpc) is 3.24. The molecule has 9 nitrogen and oxygen atoms in total. The van der Waals surface area contributed by atoms with Crippen molar-refractivity contribution in [3.05, 3.63) is 57.6 Å². The van der Waals surface area contributed by atoms with E-state index in [1.54, 1.807) is 18.2 Å². The van der Waals surface area contributed by atoms with Gasteiger partial charge < -0.3 is 19.2 Å². The van der Waals surface area contributed by atoms with Gasteiger partial charge in [-0.2, -0.15) is 0 Å². The number of hydrogen-bond acceptors (Lipinski definition) is 7. The van der Waals surface area contributed by atoms with Gasteiger partial charge in [-0.25, -0.2) is 9.59 Å². The number of nitrogens with zero attached hydrogens (tertiary/aromatic N) is 1. The number of halogens is 1. The molecular weight excluding hydrogens is 448 g/mol. The largest absolute Gasteiger partial charge is 0.463 e. The zero-order valence-electron chi connectivity index (χ0n) is 15.4. The Labute approximate surface area is 173 Å². The van der Waals surface area contributed by atoms with E-state index in [1.165, 1.54) is 32.2 Å². The molecule has 0 unspecified atom stereocenters. The third-order valence-electron chi connectivity index (χ3n) is 3.85. The van der Waals surface area contributed by atoms with Gasteiger partial charge in [0, 0.05) is 6.92 Å². The quantitative estimate of drug-likeness (QED) is 0.314. The Hall–Kier alpha value is -3.40. The number of benzene rings is 1. The monoisotopic (exact) mass is 462 g/mol. The van der Waals surface area contributed by atoms with Crippen molar-refractivity contribution in [1.82, 2.24) is 10.2 Å². The molecule has 10 heteroatoms. The van der Waals surface area contributed by atoms with E-state index in [-0.39, 0.29) is 23.8 Å². The van der Waals surface area contributed by atoms with Gasteiger partial charge in [-0.05, 0) is 51.8 Å². The molecule has 0 spiro atoms. The van der Waals surface area contributed by atoms with E-state index in [9.17, 15) is 19.2 Å². The number of rotatable bonds is 5. The zero-order valence-corrected chi connectivity index (χ0v) is 16.9. The standard InChI is InChI=1S/C19H15BrN2O7/c1-10(23)28-15-5-3-11(7-13(15)20)8-14-17(24)22(19(26)21-14)9-12-4-6-16(29-12)18(25)27-2/h3-8H,9H2,1-2H3,(H,21,26)/b14-8-. The van der Waals surface area contributed by atoms with Gasteiger partial charge in [0.25, 0.3) is 5.91 Å². The highest BCUT2D eigenvalue weighted by molar-refractivity contribution is 9.10. The van der Waals surface area contributed by atoms with Crippen LogP contribution in [-0.2, 0) is 20.9 Å². The number of carbonyl (C=O) groups excluding carboxylic acids is 4. The lowest BCUT2D eigenvalue weighted by Crippen LogP contribution is -2.30. The predicted molar refractivity (Wildman–Crippen MR) is 103 cm³/mol. The Kier molecular flexibility index (Phi) is 5.83. The number of amides is 3. The highest BCUT2D eigenvalue weighted by Crippen LogP contribution is 2.27. The van der Waals surface area contributed by atoms with Crippen LogP contribution in [0, 0.1) is 0 Å². The number of imide groups is 1. The van der Waals surface area contributed by atoms with Crippen molar-refractivity contribution in [3.8, 4) is 5.75 Å². The molecule has 150 valence electrons. The topological polar surface area (TPSA) is 115 Å². The summed E-state index contributed by atoms with van der Waals surface area (Å²) in [6.45, 7) is 1.14. The summed E-state index contributed by atoms with van der Waals surface area (Å²) in [5.74, 6) is -1.10. The number of ether oxygens (including phenoxy) is 2. The lowest BCUT2D eigenvalue weighted by atomic mass is 10.2. The maximum absolute atomic E-state index is 12.6. The van der Waals surface area contributed by atoms with Crippen molar-refractivity contribution < 1.29 is 33.1 Å². The molecule has 3 amide bonds. The van der Waals surface area contributed by atoms with Gasteiger partial charge in [0.1, 0.15) is 17.2 Å². The molecule has 0 radical (unpaired) electrons. The summed E-state index contributed by atoms with van der Waals surface area (Å²) in [5, 5.41) is 2.49. The minimum absolute atomic E-state index is 0.0250. The molecule has 3 rings (SSSR count). The number of esters is 2. The summed E-state index contributed by atoms with van der Waals surface area (Å²) in [4.78, 5) is 48.2. The van der Waals surface area contributed by atoms with Crippen molar-refractivity contribution in [2.75, 3.05) is 7.11 Å². The normalized spacial score (nSPS) is 14.9. The molecule has 1 aliphatic heterocycles. The van der Waals surface area contributed by atoms with E-state index in [2.05, 4.69) is 26.0 Å². The predicted octanol–water partition coefficient (Wildman–Crippen LogP) is 2.85. The summed E-state index contributed by atoms with van der Waals surface area (Å²) < 4.78 is 15.4. The number of carbonyl (C=O) groups is 4. The maximum Gasteiger partial charge on any atom is 0.373 e. The van der Waals surface area contributed by atoms with Gasteiger partial charge in [0.2, 0.25) is 5.76 Å². The van der Waals surface area contributed by atoms with Crippen molar-refractivity contribution in [3.63, 3.8) is 0 Å². The summed E-state index contributed by atoms with van der Waals surface area (Å²) >= 11 is 3.29. The first-order valence-electron chi connectivity index (χ1n) is 8.28. The Morgan fingerprint density at radius 3 is 2.66 bits per heavy atom. The molecular formula is C19H15BrN2O7. The SMILES string of the molecule is COC(=O)c1ccc(CN2C(=O)N/C(=C\c3ccc(OC(C)=O)c(Br)c3)C2=O)o1. The van der Waals surface area contributed by atoms with Crippen LogP contribution in [0.25, 0.3) is 6.08 Å². The van der Waals surface area contributed by atoms with Crippen LogP contribution in [0.2, 0.25) is 0 Å². The minimum Gasteiger partial charge on any atom is -0.463 e. The zero-order chi connectivity index (χ0) is 21.1. The fraction of sp³-hybridized carbons (Fsp3) is 0.158. The molecule has 1 aromatic heterocycles. The van der Waals surface area contributed by atoms with Crippen LogP contribution in [0.3, 0.4) is 0 Å². The highest BCUT2D eigenvalue weighted by Gasteiger charge is 2.34. The third-order valence-corrected chi connectivity index (χ3v) is 4.46. The summed E-state index contributed by atoms with van der Waals surface area (Å²) in [5.41, 5.74) is 0.672. The van der Waals surface area contributed by atoms with Crippen molar-refractivity contribution in [2.24, 2.45) is 0 Å². The summed E-state index contributed by atoms with van der Waals surface area (Å²) in [6, 6.07) is 7.11. The smallest absolute Gasteiger partial charge is 0.373 e. The molecule has 2 heterocycles. The number of furan rings is 1. The molecule has 1 aliphatic rings. The fourth-order valence-electron chi connectivity index (χ4n) is 2.56. The first kappa shape index (κ1) is 20.3. The van der Waals surface area contributed by atoms with Crippen LogP contribution in [-0.4, -0.2) is 35.9 Å². The lowest BCUT2D eigenvalue weighted by molar-refractivity contribution is -0.132. The van der Waals surface area contributed by atoms with Gasteiger partial charge in [-0.15, -0.1) is 0 Å². The third kappa shape index (κ3) is 4.54. The summed E-state index contributed by atoms with van der Waals surface area (Å²) in [6.07, 6.45) is 1.49. The van der Waals surface area contributed by atoms with E-state index in [0.29, 0.717) is 15.8 Å². The molecule has 1 saturated heterocycles. The Balaban J connectivity index is 1.76. The van der Waals surface area contributed by atoms with Gasteiger partial charge in [-0.1, -0.05) is 6.07 Å². The van der Waals surface area contributed by atoms with Gasteiger partial charge in [-0.3, -0.25) is 14.5 Å². The molecule has 29 heavy (non-hydrogen) atoms. The van der Waals surface area contributed by atoms with Crippen molar-refractivity contribution in [1.29, 1.82) is 0 Å². The average molecular weight is 463 g/mol. The molecule has 2 aromatic rings. The first-order valence-corrected chi connectivity index (χ1v) is 9.07. The number of methoxy groups -OCH3 is 1. The highest BCUT2D eigenvalue weighted by atomic mass is 79.9. The van der Waals surface area contributed by atoms with Crippen molar-refractivity contribution >= 4 is 45.9 Å². The van der Waals surface area contributed by atoms with Gasteiger partial charge in [0.05, 0.1) is 18.1 Å². The Bertz CT molecular complexity index is 1040. The van der Waals surface area contributed by atoms with Crippen LogP contribution >= 0.6 is 15.9 Å². The Morgan fingerprint density at radius 2 is 2.00 bits per heavy atom. The Morgan fingerprint density at radius 1 is 1.24 bits per heavy atom. The van der Waals surface area contributed by atoms with E-state index in [4.69, 9.17) is 9.15 Å². The second-order valence-electron chi connectivity index (χ2n) is 5.92. The van der Waals surface area contributed by atoms with E-state index < -0.39 is 23.9 Å². The maximum atomic E-state index is 12.6. The van der Waals surface area contributed by atoms with Gasteiger partial charge in [0.15, 0.2) is 0 Å². The molecule has 0 bridgehead atoms. The molecule has 0 atom stereocenters. The molecule has 1 aromatic carbocycles. The number of nitrogens with one attached hydrogen (secondary N) is 1. The number of urea groups is 1. The van der Waals surface area contributed by atoms with Crippen LogP contribution in [0.15, 0.2) is 44.9 Å². The van der Waals surface area contributed by atoms with Gasteiger partial charge >= 0.3 is 18.0 Å². The van der Waals surface area contributed by atoms with Crippen LogP contribution in [0.5, 0.6) is 5.75 Å². The molecule has 0 saturated carbocycles. The second kappa shape index (κ2) is 8.31. The number of hydrogen-bond donors (Lipinski definition) is 1.